The van der Waals surface area contributed by atoms with Gasteiger partial charge in [0, 0.05) is 106 Å². The van der Waals surface area contributed by atoms with Crippen molar-refractivity contribution in [2.24, 2.45) is 0 Å². The standard InChI is InChI=1S/C66H42N2O2.C66H42N2S2/c1-3-19-45(20-4-1)51-38-39-59(68(58-31-15-25-44-23-9-10-26-50(44)58)61-33-17-30-55-53-28-12-14-35-63(53)70-66(55)61)57-42-49(41-56(64(51)57)46-21-5-2-6-22-46)67(48-37-36-43-18-7-8-24-47(43)40-48)60-32-16-29-54-52-27-11-13-34-62(52)69-65(54)60;1-3-19-45(20-4-1)50-39-40-57(68(56-32-16-26-44-24-8-10-28-49(44)56)59-34-18-38-63-66(59)52-30-12-14-36-61(52)70-63)54-42-47(41-53(64(50)54)46-21-5-2-6-22-46)67(55-31-15-25-43-23-7-9-27-48(43)55)58-33-17-37-62-65(58)51-29-11-13-35-60(51)69-62/h2*1-42H. The maximum atomic E-state index is 6.94. The van der Waals surface area contributed by atoms with Crippen molar-refractivity contribution in [1.82, 2.24) is 0 Å². The minimum Gasteiger partial charge on any atom is -0.454 e. The quantitative estimate of drug-likeness (QED) is 0.0960. The molecule has 0 radical (unpaired) electrons. The molecule has 28 rings (SSSR count). The molecule has 0 spiro atoms. The molecule has 0 fully saturated rings. The van der Waals surface area contributed by atoms with Crippen molar-refractivity contribution in [3.63, 3.8) is 0 Å². The van der Waals surface area contributed by atoms with Crippen molar-refractivity contribution in [2.75, 3.05) is 19.6 Å². The van der Waals surface area contributed by atoms with E-state index < -0.39 is 0 Å². The van der Waals surface area contributed by atoms with Gasteiger partial charge in [0.25, 0.3) is 0 Å². The van der Waals surface area contributed by atoms with Gasteiger partial charge in [0.15, 0.2) is 11.2 Å². The molecule has 0 aliphatic rings. The van der Waals surface area contributed by atoms with E-state index in [4.69, 9.17) is 8.83 Å². The van der Waals surface area contributed by atoms with Crippen molar-refractivity contribution < 1.29 is 8.83 Å². The van der Waals surface area contributed by atoms with E-state index in [9.17, 15) is 0 Å². The third-order valence-electron chi connectivity index (χ3n) is 28.0. The molecule has 24 aromatic carbocycles. The van der Waals surface area contributed by atoms with Gasteiger partial charge < -0.3 is 28.4 Å². The molecule has 6 nitrogen and oxygen atoms in total. The summed E-state index contributed by atoms with van der Waals surface area (Å²) in [5.41, 5.74) is 25.2. The highest BCUT2D eigenvalue weighted by Crippen LogP contribution is 2.58. The number of hydrogen-bond donors (Lipinski definition) is 0. The Labute approximate surface area is 816 Å². The largest absolute Gasteiger partial charge is 0.454 e. The summed E-state index contributed by atoms with van der Waals surface area (Å²) in [6.45, 7) is 0. The molecule has 8 heteroatoms. The van der Waals surface area contributed by atoms with E-state index in [1.807, 2.05) is 34.8 Å². The summed E-state index contributed by atoms with van der Waals surface area (Å²) in [5, 5.41) is 23.3. The molecule has 0 saturated carbocycles. The molecule has 0 N–H and O–H groups in total. The summed E-state index contributed by atoms with van der Waals surface area (Å²) in [5.74, 6) is 0. The maximum absolute atomic E-state index is 6.94. The highest BCUT2D eigenvalue weighted by molar-refractivity contribution is 7.26. The molecule has 0 atom stereocenters. The second-order valence-electron chi connectivity index (χ2n) is 35.9. The molecule has 140 heavy (non-hydrogen) atoms. The molecule has 4 aromatic heterocycles. The Morgan fingerprint density at radius 2 is 0.457 bits per heavy atom. The van der Waals surface area contributed by atoms with Gasteiger partial charge in [0.1, 0.15) is 11.2 Å². The molecule has 0 unspecified atom stereocenters. The molecule has 656 valence electrons. The molecule has 0 aliphatic heterocycles. The highest BCUT2D eigenvalue weighted by Gasteiger charge is 2.32. The number of rotatable bonds is 16. The Kier molecular flexibility index (Phi) is 19.9. The van der Waals surface area contributed by atoms with Crippen LogP contribution in [-0.2, 0) is 0 Å². The normalized spacial score (nSPS) is 11.7. The lowest BCUT2D eigenvalue weighted by Crippen LogP contribution is -2.13. The van der Waals surface area contributed by atoms with Crippen LogP contribution in [0.3, 0.4) is 0 Å². The van der Waals surface area contributed by atoms with Gasteiger partial charge in [0.05, 0.1) is 51.2 Å². The van der Waals surface area contributed by atoms with E-state index in [1.54, 1.807) is 0 Å². The second-order valence-corrected chi connectivity index (χ2v) is 38.1. The van der Waals surface area contributed by atoms with E-state index in [1.165, 1.54) is 89.4 Å². The Hall–Kier alpha value is -17.9. The molecular weight excluding hydrogens is 1740 g/mol. The summed E-state index contributed by atoms with van der Waals surface area (Å²) in [6.07, 6.45) is 0. The van der Waals surface area contributed by atoms with E-state index in [-0.39, 0.29) is 0 Å². The molecule has 4 heterocycles. The fraction of sp³-hybridized carbons (Fsp3) is 0. The van der Waals surface area contributed by atoms with Crippen LogP contribution in [0.25, 0.3) is 193 Å². The number of nitrogens with zero attached hydrogens (tertiary/aromatic N) is 4. The van der Waals surface area contributed by atoms with E-state index in [0.29, 0.717) is 0 Å². The third-order valence-corrected chi connectivity index (χ3v) is 30.3. The summed E-state index contributed by atoms with van der Waals surface area (Å²) in [6, 6.07) is 186. The Balaban J connectivity index is 0.000000141. The van der Waals surface area contributed by atoms with Crippen LogP contribution in [0, 0.1) is 0 Å². The average molecular weight is 1820 g/mol. The lowest BCUT2D eigenvalue weighted by Gasteiger charge is -2.32. The van der Waals surface area contributed by atoms with Gasteiger partial charge in [-0.25, -0.2) is 0 Å². The summed E-state index contributed by atoms with van der Waals surface area (Å²) < 4.78 is 18.9. The van der Waals surface area contributed by atoms with E-state index in [0.717, 1.165) is 172 Å². The zero-order valence-corrected chi connectivity index (χ0v) is 77.6. The maximum Gasteiger partial charge on any atom is 0.159 e. The minimum absolute atomic E-state index is 0.824. The summed E-state index contributed by atoms with van der Waals surface area (Å²) in [4.78, 5) is 9.94. The summed E-state index contributed by atoms with van der Waals surface area (Å²) in [7, 11) is 0. The first-order valence-corrected chi connectivity index (χ1v) is 49.3. The van der Waals surface area contributed by atoms with Gasteiger partial charge in [0.2, 0.25) is 0 Å². The van der Waals surface area contributed by atoms with Crippen LogP contribution in [0.5, 0.6) is 0 Å². The second kappa shape index (κ2) is 34.2. The molecule has 0 amide bonds. The van der Waals surface area contributed by atoms with Crippen molar-refractivity contribution in [3.8, 4) is 44.5 Å². The van der Waals surface area contributed by atoms with Gasteiger partial charge in [-0.05, 0) is 210 Å². The molecule has 28 aromatic rings. The van der Waals surface area contributed by atoms with E-state index in [2.05, 4.69) is 517 Å². The lowest BCUT2D eigenvalue weighted by atomic mass is 9.89. The van der Waals surface area contributed by atoms with Crippen LogP contribution in [-0.4, -0.2) is 0 Å². The molecular formula is C132H84N4O2S2. The Morgan fingerprint density at radius 3 is 0.921 bits per heavy atom. The first-order valence-electron chi connectivity index (χ1n) is 47.7. The first kappa shape index (κ1) is 81.6. The third kappa shape index (κ3) is 13.8. The van der Waals surface area contributed by atoms with Crippen LogP contribution in [0.4, 0.5) is 68.2 Å². The van der Waals surface area contributed by atoms with Crippen LogP contribution >= 0.6 is 22.7 Å². The Morgan fingerprint density at radius 1 is 0.150 bits per heavy atom. The number of para-hydroxylation sites is 4. The van der Waals surface area contributed by atoms with Gasteiger partial charge in [-0.1, -0.05) is 382 Å². The van der Waals surface area contributed by atoms with Gasteiger partial charge in [-0.3, -0.25) is 0 Å². The zero-order chi connectivity index (χ0) is 92.2. The molecule has 0 saturated heterocycles. The summed E-state index contributed by atoms with van der Waals surface area (Å²) >= 11 is 3.72. The van der Waals surface area contributed by atoms with Crippen molar-refractivity contribution in [2.45, 2.75) is 0 Å². The Bertz CT molecular complexity index is 9750. The van der Waals surface area contributed by atoms with Gasteiger partial charge >= 0.3 is 0 Å². The monoisotopic (exact) mass is 1820 g/mol. The smallest absolute Gasteiger partial charge is 0.159 e. The van der Waals surface area contributed by atoms with Crippen LogP contribution in [0.1, 0.15) is 0 Å². The number of hydrogen-bond acceptors (Lipinski definition) is 8. The SMILES string of the molecule is c1ccc(-c2ccc(N(c3cccc4ccccc34)c3cccc4c3oc3ccccc34)c3cc(N(c4ccc5ccccc5c4)c4cccc5c4oc4ccccc45)cc(-c4ccccc4)c23)cc1.c1ccc(-c2ccc(N(c3cccc4ccccc34)c3cccc4sc5ccccc5c34)c3cc(N(c4cccc5ccccc45)c4cccc5sc6ccccc6c45)cc(-c4ccccc4)c23)cc1. The molecule has 0 bridgehead atoms. The fourth-order valence-corrected chi connectivity index (χ4v) is 24.1. The van der Waals surface area contributed by atoms with Crippen molar-refractivity contribution in [3.05, 3.63) is 510 Å². The topological polar surface area (TPSA) is 39.2 Å². The number of fused-ring (bicyclic) bond motifs is 18. The lowest BCUT2D eigenvalue weighted by molar-refractivity contribution is 0.668. The highest BCUT2D eigenvalue weighted by atomic mass is 32.1. The van der Waals surface area contributed by atoms with E-state index >= 15 is 0 Å². The average Bonchev–Trinajstić information content (AvgIpc) is 0.868. The molecule has 0 aliphatic carbocycles. The number of benzene rings is 24. The van der Waals surface area contributed by atoms with Crippen LogP contribution in [0.2, 0.25) is 0 Å². The first-order chi connectivity index (χ1) is 69.5. The van der Waals surface area contributed by atoms with Crippen LogP contribution in [0.15, 0.2) is 518 Å². The van der Waals surface area contributed by atoms with Crippen molar-refractivity contribution >= 4 is 240 Å². The van der Waals surface area contributed by atoms with Crippen LogP contribution < -0.4 is 19.6 Å². The predicted octanol–water partition coefficient (Wildman–Crippen LogP) is 39.4. The number of anilines is 12. The van der Waals surface area contributed by atoms with Gasteiger partial charge in [-0.2, -0.15) is 0 Å². The zero-order valence-electron chi connectivity index (χ0n) is 75.9. The van der Waals surface area contributed by atoms with Gasteiger partial charge in [-0.15, -0.1) is 22.7 Å². The number of thiophene rings is 2. The predicted molar refractivity (Wildman–Crippen MR) is 599 cm³/mol. The van der Waals surface area contributed by atoms with Crippen molar-refractivity contribution in [1.29, 1.82) is 0 Å². The minimum atomic E-state index is 0.824. The fourth-order valence-electron chi connectivity index (χ4n) is 21.8. The number of furan rings is 2.